The van der Waals surface area contributed by atoms with Crippen molar-refractivity contribution in [3.63, 3.8) is 0 Å². The summed E-state index contributed by atoms with van der Waals surface area (Å²) < 4.78 is 0. The molecule has 1 nitrogen and oxygen atoms in total. The number of unbranched alkanes of at least 4 members (excludes halogenated alkanes) is 15. The van der Waals surface area contributed by atoms with Crippen LogP contribution in [0.3, 0.4) is 0 Å². The molecule has 1 heteroatoms. The van der Waals surface area contributed by atoms with Crippen LogP contribution >= 0.6 is 0 Å². The minimum absolute atomic E-state index is 0.378. The Balaban J connectivity index is 3.74. The second-order valence-corrected chi connectivity index (χ2v) is 13.7. The predicted molar refractivity (Wildman–Crippen MR) is 158 cm³/mol. The van der Waals surface area contributed by atoms with Crippen LogP contribution in [-0.2, 0) is 0 Å². The molecule has 0 aromatic rings. The van der Waals surface area contributed by atoms with Crippen molar-refractivity contribution in [1.29, 1.82) is 0 Å². The number of allylic oxidation sites excluding steroid dienone is 1. The highest BCUT2D eigenvalue weighted by atomic mass is 15.1. The van der Waals surface area contributed by atoms with E-state index in [0.717, 1.165) is 6.54 Å². The third-order valence-corrected chi connectivity index (χ3v) is 6.95. The Morgan fingerprint density at radius 2 is 1.00 bits per heavy atom. The van der Waals surface area contributed by atoms with E-state index in [9.17, 15) is 0 Å². The minimum Gasteiger partial charge on any atom is -0.302 e. The zero-order chi connectivity index (χ0) is 25.7. The largest absolute Gasteiger partial charge is 0.302 e. The number of nitrogens with zero attached hydrogens (tertiary/aromatic N) is 1. The molecule has 0 rings (SSSR count). The molecule has 0 radical (unpaired) electrons. The molecule has 0 amide bonds. The standard InChI is InChI=1S/C33H67N/c1-9-10-11-12-13-14-15-16-17-18-19-20-21-22-23-24-28-34(8)30-31(29-33(5,6)7)26-25-27-32(2,3)4/h26H,9-25,27-30H2,1-8H3/b31-26-. The van der Waals surface area contributed by atoms with E-state index in [4.69, 9.17) is 0 Å². The molecule has 204 valence electrons. The Hall–Kier alpha value is -0.300. The van der Waals surface area contributed by atoms with E-state index in [1.54, 1.807) is 5.57 Å². The van der Waals surface area contributed by atoms with Crippen LogP contribution in [0.25, 0.3) is 0 Å². The zero-order valence-electron chi connectivity index (χ0n) is 25.4. The van der Waals surface area contributed by atoms with Gasteiger partial charge in [0, 0.05) is 6.54 Å². The van der Waals surface area contributed by atoms with Crippen molar-refractivity contribution in [3.05, 3.63) is 11.6 Å². The Bertz CT molecular complexity index is 462. The minimum atomic E-state index is 0.378. The second kappa shape index (κ2) is 20.8. The summed E-state index contributed by atoms with van der Waals surface area (Å²) in [5, 5.41) is 0. The Morgan fingerprint density at radius 1 is 0.588 bits per heavy atom. The smallest absolute Gasteiger partial charge is 0.0190 e. The molecule has 0 aromatic heterocycles. The Morgan fingerprint density at radius 3 is 1.38 bits per heavy atom. The molecular formula is C33H67N. The van der Waals surface area contributed by atoms with E-state index in [2.05, 4.69) is 66.5 Å². The number of rotatable bonds is 22. The van der Waals surface area contributed by atoms with Crippen LogP contribution < -0.4 is 0 Å². The van der Waals surface area contributed by atoms with Gasteiger partial charge in [0.15, 0.2) is 0 Å². The highest BCUT2D eigenvalue weighted by molar-refractivity contribution is 5.07. The van der Waals surface area contributed by atoms with Gasteiger partial charge in [-0.2, -0.15) is 0 Å². The summed E-state index contributed by atoms with van der Waals surface area (Å²) in [7, 11) is 2.32. The first kappa shape index (κ1) is 33.7. The first-order valence-corrected chi connectivity index (χ1v) is 15.4. The van der Waals surface area contributed by atoms with Crippen molar-refractivity contribution in [2.45, 2.75) is 170 Å². The quantitative estimate of drug-likeness (QED) is 0.111. The van der Waals surface area contributed by atoms with E-state index >= 15 is 0 Å². The monoisotopic (exact) mass is 478 g/mol. The van der Waals surface area contributed by atoms with Crippen LogP contribution in [0.5, 0.6) is 0 Å². The molecular weight excluding hydrogens is 410 g/mol. The molecule has 0 aliphatic carbocycles. The molecule has 0 fully saturated rings. The van der Waals surface area contributed by atoms with Gasteiger partial charge in [-0.15, -0.1) is 0 Å². The normalized spacial score (nSPS) is 13.3. The summed E-state index contributed by atoms with van der Waals surface area (Å²) in [5.41, 5.74) is 2.46. The molecule has 34 heavy (non-hydrogen) atoms. The lowest BCUT2D eigenvalue weighted by Gasteiger charge is -2.25. The van der Waals surface area contributed by atoms with Crippen LogP contribution in [0.1, 0.15) is 170 Å². The summed E-state index contributed by atoms with van der Waals surface area (Å²) in [4.78, 5) is 2.57. The van der Waals surface area contributed by atoms with Crippen molar-refractivity contribution in [3.8, 4) is 0 Å². The first-order valence-electron chi connectivity index (χ1n) is 15.4. The topological polar surface area (TPSA) is 3.24 Å². The molecule has 0 heterocycles. The van der Waals surface area contributed by atoms with E-state index in [1.807, 2.05) is 0 Å². The van der Waals surface area contributed by atoms with Crippen LogP contribution in [-0.4, -0.2) is 25.0 Å². The SMILES string of the molecule is CCCCCCCCCCCCCCCCCCN(C)C/C(=C\CCC(C)(C)C)CC(C)(C)C. The van der Waals surface area contributed by atoms with Gasteiger partial charge in [0.05, 0.1) is 0 Å². The lowest BCUT2D eigenvalue weighted by atomic mass is 9.86. The van der Waals surface area contributed by atoms with Gasteiger partial charge in [-0.05, 0) is 50.1 Å². The maximum atomic E-state index is 2.57. The van der Waals surface area contributed by atoms with Gasteiger partial charge in [0.2, 0.25) is 0 Å². The van der Waals surface area contributed by atoms with Crippen molar-refractivity contribution >= 4 is 0 Å². The fraction of sp³-hybridized carbons (Fsp3) is 0.939. The van der Waals surface area contributed by atoms with Gasteiger partial charge in [-0.1, -0.05) is 156 Å². The maximum absolute atomic E-state index is 2.57. The first-order chi connectivity index (χ1) is 16.0. The highest BCUT2D eigenvalue weighted by Gasteiger charge is 2.15. The number of likely N-dealkylation sites (N-methyl/N-ethyl adjacent to an activating group) is 1. The van der Waals surface area contributed by atoms with Crippen LogP contribution in [0.2, 0.25) is 0 Å². The molecule has 0 spiro atoms. The van der Waals surface area contributed by atoms with Crippen LogP contribution in [0.15, 0.2) is 11.6 Å². The summed E-state index contributed by atoms with van der Waals surface area (Å²) in [5.74, 6) is 0. The fourth-order valence-corrected chi connectivity index (χ4v) is 4.94. The molecule has 0 atom stereocenters. The average Bonchev–Trinajstić information content (AvgIpc) is 2.71. The van der Waals surface area contributed by atoms with Gasteiger partial charge in [0.1, 0.15) is 0 Å². The highest BCUT2D eigenvalue weighted by Crippen LogP contribution is 2.27. The summed E-state index contributed by atoms with van der Waals surface area (Å²) in [6.07, 6.45) is 29.4. The van der Waals surface area contributed by atoms with Crippen molar-refractivity contribution in [2.24, 2.45) is 10.8 Å². The number of hydrogen-bond donors (Lipinski definition) is 0. The third-order valence-electron chi connectivity index (χ3n) is 6.95. The molecule has 0 aromatic carbocycles. The molecule has 0 bridgehead atoms. The maximum Gasteiger partial charge on any atom is 0.0190 e. The van der Waals surface area contributed by atoms with Crippen molar-refractivity contribution in [1.82, 2.24) is 4.90 Å². The lowest BCUT2D eigenvalue weighted by Crippen LogP contribution is -2.24. The van der Waals surface area contributed by atoms with Gasteiger partial charge < -0.3 is 4.90 Å². The van der Waals surface area contributed by atoms with Crippen molar-refractivity contribution < 1.29 is 0 Å². The number of hydrogen-bond acceptors (Lipinski definition) is 1. The predicted octanol–water partition coefficient (Wildman–Crippen LogP) is 11.4. The Kier molecular flexibility index (Phi) is 20.7. The zero-order valence-corrected chi connectivity index (χ0v) is 25.4. The molecule has 0 unspecified atom stereocenters. The lowest BCUT2D eigenvalue weighted by molar-refractivity contribution is 0.325. The second-order valence-electron chi connectivity index (χ2n) is 13.7. The molecule has 0 N–H and O–H groups in total. The molecule has 0 aliphatic rings. The Labute approximate surface area is 217 Å². The molecule has 0 aliphatic heterocycles. The third kappa shape index (κ3) is 26.3. The van der Waals surface area contributed by atoms with E-state index in [0.29, 0.717) is 10.8 Å². The van der Waals surface area contributed by atoms with Gasteiger partial charge >= 0.3 is 0 Å². The summed E-state index contributed by atoms with van der Waals surface area (Å²) in [6, 6.07) is 0. The van der Waals surface area contributed by atoms with E-state index in [1.165, 1.54) is 129 Å². The van der Waals surface area contributed by atoms with Crippen LogP contribution in [0, 0.1) is 10.8 Å². The summed E-state index contributed by atoms with van der Waals surface area (Å²) >= 11 is 0. The molecule has 0 saturated heterocycles. The molecule has 0 saturated carbocycles. The van der Waals surface area contributed by atoms with Gasteiger partial charge in [-0.25, -0.2) is 0 Å². The summed E-state index contributed by atoms with van der Waals surface area (Å²) in [6.45, 7) is 18.9. The van der Waals surface area contributed by atoms with Crippen LogP contribution in [0.4, 0.5) is 0 Å². The van der Waals surface area contributed by atoms with Gasteiger partial charge in [0.25, 0.3) is 0 Å². The van der Waals surface area contributed by atoms with E-state index < -0.39 is 0 Å². The average molecular weight is 478 g/mol. The van der Waals surface area contributed by atoms with E-state index in [-0.39, 0.29) is 0 Å². The van der Waals surface area contributed by atoms with Gasteiger partial charge in [-0.3, -0.25) is 0 Å². The van der Waals surface area contributed by atoms with Crippen molar-refractivity contribution in [2.75, 3.05) is 20.1 Å². The fourth-order valence-electron chi connectivity index (χ4n) is 4.94.